The van der Waals surface area contributed by atoms with Crippen molar-refractivity contribution in [3.8, 4) is 0 Å². The summed E-state index contributed by atoms with van der Waals surface area (Å²) >= 11 is 0. The second-order valence-electron chi connectivity index (χ2n) is 10.1. The molecule has 1 atom stereocenters. The van der Waals surface area contributed by atoms with Crippen molar-refractivity contribution in [3.05, 3.63) is 58.9 Å². The van der Waals surface area contributed by atoms with Crippen LogP contribution in [0.2, 0.25) is 0 Å². The molecule has 1 amide bonds. The first-order chi connectivity index (χ1) is 14.5. The number of carbonyl (C=O) groups is 1. The zero-order valence-electron chi connectivity index (χ0n) is 19.4. The molecule has 0 bridgehead atoms. The molecule has 0 saturated carbocycles. The van der Waals surface area contributed by atoms with Gasteiger partial charge >= 0.3 is 0 Å². The van der Waals surface area contributed by atoms with Gasteiger partial charge in [-0.1, -0.05) is 32.9 Å². The molecule has 0 radical (unpaired) electrons. The van der Waals surface area contributed by atoms with E-state index in [0.29, 0.717) is 25.8 Å². The smallest absolute Gasteiger partial charge is 0.224 e. The number of amides is 1. The van der Waals surface area contributed by atoms with Crippen molar-refractivity contribution in [2.24, 2.45) is 5.41 Å². The van der Waals surface area contributed by atoms with Crippen molar-refractivity contribution in [2.75, 3.05) is 23.3 Å². The number of rotatable bonds is 4. The lowest BCUT2D eigenvalue weighted by molar-refractivity contribution is -0.117. The van der Waals surface area contributed by atoms with Gasteiger partial charge < -0.3 is 15.3 Å². The third-order valence-corrected chi connectivity index (χ3v) is 6.03. The van der Waals surface area contributed by atoms with Crippen molar-refractivity contribution in [2.45, 2.75) is 65.9 Å². The molecule has 31 heavy (non-hydrogen) atoms. The number of aliphatic hydroxyl groups is 1. The maximum absolute atomic E-state index is 13.3. The van der Waals surface area contributed by atoms with Crippen LogP contribution in [0, 0.1) is 25.1 Å². The lowest BCUT2D eigenvalue weighted by Gasteiger charge is -2.28. The topological polar surface area (TPSA) is 52.6 Å². The van der Waals surface area contributed by atoms with Gasteiger partial charge in [0.25, 0.3) is 0 Å². The highest BCUT2D eigenvalue weighted by Crippen LogP contribution is 2.35. The summed E-state index contributed by atoms with van der Waals surface area (Å²) in [5, 5.41) is 14.3. The molecule has 0 unspecified atom stereocenters. The van der Waals surface area contributed by atoms with Crippen LogP contribution in [0.15, 0.2) is 36.4 Å². The van der Waals surface area contributed by atoms with Crippen molar-refractivity contribution in [1.29, 1.82) is 0 Å². The standard InChI is InChI=1S/C26H35FN2O2/c1-18-15-22(16-19(2)24(18)28-23(30)17-25(3,4)5)29-13-6-11-26(31,12-14-29)20-7-9-21(27)10-8-20/h7-10,15-16,31H,6,11-14,17H2,1-5H3,(H,28,30)/t26-/m1/s1. The fourth-order valence-corrected chi connectivity index (χ4v) is 4.41. The Balaban J connectivity index is 1.74. The van der Waals surface area contributed by atoms with Gasteiger partial charge in [-0.2, -0.15) is 0 Å². The Morgan fingerprint density at radius 3 is 2.29 bits per heavy atom. The minimum absolute atomic E-state index is 0.0329. The van der Waals surface area contributed by atoms with E-state index in [4.69, 9.17) is 0 Å². The summed E-state index contributed by atoms with van der Waals surface area (Å²) in [4.78, 5) is 14.7. The fraction of sp³-hybridized carbons (Fsp3) is 0.500. The van der Waals surface area contributed by atoms with Crippen LogP contribution in [0.4, 0.5) is 15.8 Å². The first-order valence-electron chi connectivity index (χ1n) is 11.1. The molecule has 168 valence electrons. The summed E-state index contributed by atoms with van der Waals surface area (Å²) in [6.07, 6.45) is 2.55. The Morgan fingerprint density at radius 2 is 1.71 bits per heavy atom. The van der Waals surface area contributed by atoms with Crippen LogP contribution in [0.5, 0.6) is 0 Å². The summed E-state index contributed by atoms with van der Waals surface area (Å²) in [6, 6.07) is 10.4. The molecule has 1 heterocycles. The number of hydrogen-bond donors (Lipinski definition) is 2. The van der Waals surface area contributed by atoms with Crippen LogP contribution in [0.25, 0.3) is 0 Å². The lowest BCUT2D eigenvalue weighted by atomic mass is 9.87. The molecule has 2 aromatic rings. The summed E-state index contributed by atoms with van der Waals surface area (Å²) in [5.41, 5.74) is 3.85. The number of nitrogens with zero attached hydrogens (tertiary/aromatic N) is 1. The molecule has 4 nitrogen and oxygen atoms in total. The van der Waals surface area contributed by atoms with Crippen LogP contribution in [0.3, 0.4) is 0 Å². The van der Waals surface area contributed by atoms with E-state index in [2.05, 4.69) is 43.1 Å². The van der Waals surface area contributed by atoms with Gasteiger partial charge in [0.2, 0.25) is 5.91 Å². The Bertz CT molecular complexity index is 910. The molecule has 1 aliphatic heterocycles. The minimum atomic E-state index is -0.937. The third kappa shape index (κ3) is 5.85. The molecule has 0 spiro atoms. The average Bonchev–Trinajstić information content (AvgIpc) is 2.86. The molecule has 5 heteroatoms. The van der Waals surface area contributed by atoms with E-state index in [1.165, 1.54) is 12.1 Å². The first kappa shape index (κ1) is 23.3. The third-order valence-electron chi connectivity index (χ3n) is 6.03. The maximum atomic E-state index is 13.3. The molecule has 2 aromatic carbocycles. The Morgan fingerprint density at radius 1 is 1.10 bits per heavy atom. The summed E-state index contributed by atoms with van der Waals surface area (Å²) < 4.78 is 13.3. The van der Waals surface area contributed by atoms with Crippen LogP contribution in [0.1, 0.15) is 63.1 Å². The Labute approximate surface area is 185 Å². The second kappa shape index (κ2) is 8.99. The van der Waals surface area contributed by atoms with Crippen molar-refractivity contribution in [3.63, 3.8) is 0 Å². The fourth-order valence-electron chi connectivity index (χ4n) is 4.41. The highest BCUT2D eigenvalue weighted by Gasteiger charge is 2.32. The van der Waals surface area contributed by atoms with E-state index in [1.54, 1.807) is 12.1 Å². The van der Waals surface area contributed by atoms with Crippen LogP contribution in [-0.2, 0) is 10.4 Å². The molecular formula is C26H35FN2O2. The van der Waals surface area contributed by atoms with Gasteiger partial charge in [0, 0.05) is 30.9 Å². The normalized spacial score (nSPS) is 19.8. The van der Waals surface area contributed by atoms with Crippen LogP contribution < -0.4 is 10.2 Å². The number of hydrogen-bond acceptors (Lipinski definition) is 3. The van der Waals surface area contributed by atoms with Gasteiger partial charge in [0.1, 0.15) is 5.82 Å². The van der Waals surface area contributed by atoms with E-state index in [-0.39, 0.29) is 17.1 Å². The van der Waals surface area contributed by atoms with Gasteiger partial charge in [-0.25, -0.2) is 4.39 Å². The van der Waals surface area contributed by atoms with Gasteiger partial charge in [-0.15, -0.1) is 0 Å². The van der Waals surface area contributed by atoms with Crippen molar-refractivity contribution < 1.29 is 14.3 Å². The molecule has 2 N–H and O–H groups in total. The zero-order valence-corrected chi connectivity index (χ0v) is 19.4. The van der Waals surface area contributed by atoms with Gasteiger partial charge in [-0.3, -0.25) is 4.79 Å². The number of benzene rings is 2. The van der Waals surface area contributed by atoms with Gasteiger partial charge in [0.15, 0.2) is 0 Å². The monoisotopic (exact) mass is 426 g/mol. The predicted octanol–water partition coefficient (Wildman–Crippen LogP) is 5.70. The largest absolute Gasteiger partial charge is 0.385 e. The molecule has 1 fully saturated rings. The molecule has 1 aliphatic rings. The van der Waals surface area contributed by atoms with Crippen molar-refractivity contribution in [1.82, 2.24) is 0 Å². The van der Waals surface area contributed by atoms with Crippen LogP contribution >= 0.6 is 0 Å². The van der Waals surface area contributed by atoms with E-state index >= 15 is 0 Å². The van der Waals surface area contributed by atoms with Gasteiger partial charge in [-0.05, 0) is 79.5 Å². The molecule has 1 saturated heterocycles. The molecule has 0 aliphatic carbocycles. The quantitative estimate of drug-likeness (QED) is 0.660. The summed E-state index contributed by atoms with van der Waals surface area (Å²) in [7, 11) is 0. The number of anilines is 2. The number of carbonyl (C=O) groups excluding carboxylic acids is 1. The number of aryl methyl sites for hydroxylation is 2. The van der Waals surface area contributed by atoms with Crippen LogP contribution in [-0.4, -0.2) is 24.1 Å². The van der Waals surface area contributed by atoms with E-state index < -0.39 is 5.60 Å². The molecule has 0 aromatic heterocycles. The maximum Gasteiger partial charge on any atom is 0.224 e. The average molecular weight is 427 g/mol. The van der Waals surface area contributed by atoms with Gasteiger partial charge in [0.05, 0.1) is 5.60 Å². The van der Waals surface area contributed by atoms with Crippen molar-refractivity contribution >= 4 is 17.3 Å². The van der Waals surface area contributed by atoms with E-state index in [1.807, 2.05) is 13.8 Å². The minimum Gasteiger partial charge on any atom is -0.385 e. The Kier molecular flexibility index (Phi) is 6.75. The predicted molar refractivity (Wildman–Crippen MR) is 125 cm³/mol. The summed E-state index contributed by atoms with van der Waals surface area (Å²) in [5.74, 6) is -0.256. The second-order valence-corrected chi connectivity index (χ2v) is 10.1. The number of halogens is 1. The number of nitrogens with one attached hydrogen (secondary N) is 1. The molecular weight excluding hydrogens is 391 g/mol. The summed E-state index contributed by atoms with van der Waals surface area (Å²) in [6.45, 7) is 11.8. The van der Waals surface area contributed by atoms with E-state index in [9.17, 15) is 14.3 Å². The highest BCUT2D eigenvalue weighted by molar-refractivity contribution is 5.93. The lowest BCUT2D eigenvalue weighted by Crippen LogP contribution is -2.29. The Hall–Kier alpha value is -2.40. The SMILES string of the molecule is Cc1cc(N2CCC[C@](O)(c3ccc(F)cc3)CC2)cc(C)c1NC(=O)CC(C)(C)C. The molecule has 3 rings (SSSR count). The van der Waals surface area contributed by atoms with E-state index in [0.717, 1.165) is 41.0 Å². The zero-order chi connectivity index (χ0) is 22.8. The first-order valence-corrected chi connectivity index (χ1v) is 11.1. The highest BCUT2D eigenvalue weighted by atomic mass is 19.1.